The lowest BCUT2D eigenvalue weighted by Gasteiger charge is -2.31. The van der Waals surface area contributed by atoms with E-state index >= 15 is 0 Å². The third-order valence-corrected chi connectivity index (χ3v) is 14.8. The number of amides is 1. The number of nitrogens with one attached hydrogen (secondary N) is 1. The number of carbonyl (C=O) groups is 2. The molecular weight excluding hydrogens is 896 g/mol. The van der Waals surface area contributed by atoms with E-state index in [1.54, 1.807) is 20.4 Å². The first kappa shape index (κ1) is 51.9. The lowest BCUT2D eigenvalue weighted by molar-refractivity contribution is 0.0678. The van der Waals surface area contributed by atoms with Crippen LogP contribution >= 0.6 is 12.4 Å². The normalized spacial score (nSPS) is 17.9. The highest BCUT2D eigenvalue weighted by atomic mass is 35.5. The molecule has 4 aliphatic rings. The second-order valence-electron chi connectivity index (χ2n) is 19.9. The fourth-order valence-electron chi connectivity index (χ4n) is 11.2. The van der Waals surface area contributed by atoms with Crippen LogP contribution in [-0.2, 0) is 38.8 Å². The van der Waals surface area contributed by atoms with Crippen LogP contribution in [-0.4, -0.2) is 81.4 Å². The number of aromatic carboxylic acids is 1. The zero-order valence-electron chi connectivity index (χ0n) is 42.1. The fraction of sp³-hybridized carbons (Fsp3) is 0.448. The topological polar surface area (TPSA) is 124 Å². The van der Waals surface area contributed by atoms with Crippen molar-refractivity contribution in [3.63, 3.8) is 0 Å². The van der Waals surface area contributed by atoms with Crippen LogP contribution in [0.3, 0.4) is 0 Å². The molecule has 4 aliphatic heterocycles. The highest BCUT2D eigenvalue weighted by Crippen LogP contribution is 2.35. The van der Waals surface area contributed by atoms with E-state index in [0.717, 1.165) is 111 Å². The number of carboxylic acid groups (broad SMARTS) is 1. The SMILES string of the molecule is COc1c(C)cc(C2CCc3nc(C(=O)N4CCC(Cc5ccccc5)CC4)cn3C2)cc1C.COc1c(C)cc(C2CCc3nc(C(=O)O)cn3C2)cc1C.Cl.c1ccc(CC2CCNCC2)cc1. The molecule has 372 valence electrons. The van der Waals surface area contributed by atoms with Crippen LogP contribution in [0.1, 0.15) is 127 Å². The molecule has 2 saturated heterocycles. The number of piperidine rings is 2. The molecule has 0 saturated carbocycles. The van der Waals surface area contributed by atoms with Crippen molar-refractivity contribution in [1.82, 2.24) is 29.3 Å². The zero-order valence-corrected chi connectivity index (χ0v) is 42.9. The van der Waals surface area contributed by atoms with E-state index in [1.807, 2.05) is 15.7 Å². The molecule has 0 aliphatic carbocycles. The molecule has 0 radical (unpaired) electrons. The summed E-state index contributed by atoms with van der Waals surface area (Å²) >= 11 is 0. The van der Waals surface area contributed by atoms with Gasteiger partial charge in [-0.1, -0.05) is 84.9 Å². The fourth-order valence-corrected chi connectivity index (χ4v) is 11.2. The molecular formula is C58H73ClN6O5. The number of nitrogens with zero attached hydrogens (tertiary/aromatic N) is 5. The molecule has 0 spiro atoms. The van der Waals surface area contributed by atoms with Gasteiger partial charge in [-0.3, -0.25) is 4.79 Å². The predicted octanol–water partition coefficient (Wildman–Crippen LogP) is 10.9. The molecule has 4 aromatic carbocycles. The Morgan fingerprint density at radius 2 is 1.03 bits per heavy atom. The van der Waals surface area contributed by atoms with E-state index in [1.165, 1.54) is 65.7 Å². The van der Waals surface area contributed by atoms with Gasteiger partial charge in [0.1, 0.15) is 28.8 Å². The van der Waals surface area contributed by atoms with Gasteiger partial charge in [0.25, 0.3) is 5.91 Å². The number of hydrogen-bond donors (Lipinski definition) is 2. The Labute approximate surface area is 421 Å². The first-order chi connectivity index (χ1) is 33.5. The Morgan fingerprint density at radius 3 is 1.46 bits per heavy atom. The van der Waals surface area contributed by atoms with Gasteiger partial charge >= 0.3 is 5.97 Å². The summed E-state index contributed by atoms with van der Waals surface area (Å²) in [6.45, 7) is 14.1. The summed E-state index contributed by atoms with van der Waals surface area (Å²) in [5.41, 5.74) is 10.9. The number of imidazole rings is 2. The van der Waals surface area contributed by atoms with E-state index in [-0.39, 0.29) is 24.0 Å². The maximum Gasteiger partial charge on any atom is 0.356 e. The number of ether oxygens (including phenoxy) is 2. The summed E-state index contributed by atoms with van der Waals surface area (Å²) in [5, 5.41) is 12.5. The van der Waals surface area contributed by atoms with Crippen LogP contribution in [0.4, 0.5) is 0 Å². The minimum atomic E-state index is -0.963. The number of halogens is 1. The van der Waals surface area contributed by atoms with Crippen LogP contribution < -0.4 is 14.8 Å². The number of aryl methyl sites for hydroxylation is 6. The van der Waals surface area contributed by atoms with Gasteiger partial charge in [-0.15, -0.1) is 12.4 Å². The van der Waals surface area contributed by atoms with E-state index < -0.39 is 5.97 Å². The number of likely N-dealkylation sites (tertiary alicyclic amines) is 1. The maximum atomic E-state index is 13.2. The first-order valence-electron chi connectivity index (χ1n) is 25.2. The van der Waals surface area contributed by atoms with Gasteiger partial charge in [-0.25, -0.2) is 14.8 Å². The second kappa shape index (κ2) is 24.3. The zero-order chi connectivity index (χ0) is 48.4. The number of carboxylic acids is 1. The highest BCUT2D eigenvalue weighted by molar-refractivity contribution is 5.92. The third kappa shape index (κ3) is 12.9. The van der Waals surface area contributed by atoms with E-state index in [2.05, 4.69) is 127 Å². The highest BCUT2D eigenvalue weighted by Gasteiger charge is 2.29. The minimum absolute atomic E-state index is 0. The largest absolute Gasteiger partial charge is 0.496 e. The third-order valence-electron chi connectivity index (χ3n) is 14.8. The second-order valence-corrected chi connectivity index (χ2v) is 19.9. The lowest BCUT2D eigenvalue weighted by atomic mass is 9.89. The maximum absolute atomic E-state index is 13.2. The Bertz CT molecular complexity index is 2620. The van der Waals surface area contributed by atoms with Crippen molar-refractivity contribution in [2.24, 2.45) is 11.8 Å². The molecule has 2 fully saturated rings. The molecule has 2 aromatic heterocycles. The Morgan fingerprint density at radius 1 is 0.614 bits per heavy atom. The molecule has 6 aromatic rings. The van der Waals surface area contributed by atoms with Crippen molar-refractivity contribution in [3.8, 4) is 11.5 Å². The van der Waals surface area contributed by atoms with Gasteiger partial charge in [-0.2, -0.15) is 0 Å². The van der Waals surface area contributed by atoms with Crippen molar-refractivity contribution in [1.29, 1.82) is 0 Å². The number of fused-ring (bicyclic) bond motifs is 2. The summed E-state index contributed by atoms with van der Waals surface area (Å²) in [6.07, 6.45) is 14.6. The van der Waals surface area contributed by atoms with Crippen LogP contribution in [0.15, 0.2) is 97.3 Å². The molecule has 6 heterocycles. The summed E-state index contributed by atoms with van der Waals surface area (Å²) in [6, 6.07) is 30.4. The van der Waals surface area contributed by atoms with E-state index in [4.69, 9.17) is 19.6 Å². The quantitative estimate of drug-likeness (QED) is 0.139. The van der Waals surface area contributed by atoms with Crippen LogP contribution in [0.5, 0.6) is 11.5 Å². The predicted molar refractivity (Wildman–Crippen MR) is 280 cm³/mol. The average Bonchev–Trinajstić information content (AvgIpc) is 4.00. The molecule has 10 rings (SSSR count). The van der Waals surface area contributed by atoms with Crippen LogP contribution in [0.25, 0.3) is 0 Å². The number of methoxy groups -OCH3 is 2. The summed E-state index contributed by atoms with van der Waals surface area (Å²) in [7, 11) is 3.43. The number of benzene rings is 4. The molecule has 70 heavy (non-hydrogen) atoms. The molecule has 2 unspecified atom stereocenters. The molecule has 12 heteroatoms. The number of rotatable bonds is 10. The van der Waals surface area contributed by atoms with Gasteiger partial charge in [-0.05, 0) is 148 Å². The van der Waals surface area contributed by atoms with Crippen molar-refractivity contribution in [2.75, 3.05) is 40.4 Å². The van der Waals surface area contributed by atoms with Gasteiger partial charge in [0.15, 0.2) is 5.69 Å². The molecule has 2 N–H and O–H groups in total. The van der Waals surface area contributed by atoms with Crippen molar-refractivity contribution >= 4 is 24.3 Å². The first-order valence-corrected chi connectivity index (χ1v) is 25.2. The van der Waals surface area contributed by atoms with Crippen molar-refractivity contribution in [2.45, 2.75) is 117 Å². The van der Waals surface area contributed by atoms with E-state index in [0.29, 0.717) is 23.4 Å². The smallest absolute Gasteiger partial charge is 0.356 e. The minimum Gasteiger partial charge on any atom is -0.496 e. The summed E-state index contributed by atoms with van der Waals surface area (Å²) in [4.78, 5) is 35.2. The van der Waals surface area contributed by atoms with Crippen molar-refractivity contribution < 1.29 is 24.2 Å². The molecule has 2 atom stereocenters. The Hall–Kier alpha value is -5.91. The molecule has 1 amide bonds. The lowest BCUT2D eigenvalue weighted by Crippen LogP contribution is -2.39. The number of aromatic nitrogens is 4. The van der Waals surface area contributed by atoms with Gasteiger partial charge in [0.2, 0.25) is 0 Å². The Balaban J connectivity index is 0.000000171. The van der Waals surface area contributed by atoms with Crippen LogP contribution in [0.2, 0.25) is 0 Å². The molecule has 0 bridgehead atoms. The van der Waals surface area contributed by atoms with Gasteiger partial charge in [0, 0.05) is 63.3 Å². The Kier molecular flexibility index (Phi) is 18.0. The van der Waals surface area contributed by atoms with Crippen LogP contribution in [0, 0.1) is 39.5 Å². The van der Waals surface area contributed by atoms with Crippen molar-refractivity contribution in [3.05, 3.63) is 165 Å². The van der Waals surface area contributed by atoms with Gasteiger partial charge < -0.3 is 33.9 Å². The average molecular weight is 970 g/mol. The standard InChI is InChI=1S/C29H35N3O2.C17H20N2O3.C12H17N.ClH/c1-20-15-25(16-21(2)28(20)34-3)24-9-10-27-30-26(19-32(27)18-24)29(33)31-13-11-23(12-14-31)17-22-7-5-4-6-8-22;1-10-6-13(7-11(2)16(10)22-3)12-4-5-15-18-14(17(20)21)9-19(15)8-12;1-2-4-11(5-3-1)10-12-6-8-13-9-7-12;/h4-8,15-16,19,23-24H,9-14,17-18H2,1-3H3;6-7,9,12H,4-5,8H2,1-3H3,(H,20,21);1-5,12-13H,6-10H2;1H. The number of carbonyl (C=O) groups excluding carboxylic acids is 1. The van der Waals surface area contributed by atoms with E-state index in [9.17, 15) is 9.59 Å². The summed E-state index contributed by atoms with van der Waals surface area (Å²) < 4.78 is 15.1. The molecule has 11 nitrogen and oxygen atoms in total. The monoisotopic (exact) mass is 969 g/mol. The number of hydrogen-bond acceptors (Lipinski definition) is 7. The summed E-state index contributed by atoms with van der Waals surface area (Å²) in [5.74, 6) is 5.33. The van der Waals surface area contributed by atoms with Gasteiger partial charge in [0.05, 0.1) is 14.2 Å².